The van der Waals surface area contributed by atoms with Crippen molar-refractivity contribution in [2.45, 2.75) is 69.8 Å². The van der Waals surface area contributed by atoms with Gasteiger partial charge in [-0.2, -0.15) is 0 Å². The second-order valence-electron chi connectivity index (χ2n) is 8.62. The van der Waals surface area contributed by atoms with Crippen molar-refractivity contribution in [2.75, 3.05) is 19.6 Å². The van der Waals surface area contributed by atoms with E-state index in [-0.39, 0.29) is 12.1 Å². The highest BCUT2D eigenvalue weighted by Crippen LogP contribution is 2.40. The van der Waals surface area contributed by atoms with Crippen LogP contribution >= 0.6 is 0 Å². The minimum absolute atomic E-state index is 0.0378. The van der Waals surface area contributed by atoms with Gasteiger partial charge in [-0.1, -0.05) is 43.2 Å². The Morgan fingerprint density at radius 3 is 2.54 bits per heavy atom. The maximum absolute atomic E-state index is 12.3. The van der Waals surface area contributed by atoms with E-state index in [1.165, 1.54) is 57.2 Å². The third-order valence-corrected chi connectivity index (χ3v) is 6.97. The van der Waals surface area contributed by atoms with Crippen LogP contribution in [0.25, 0.3) is 0 Å². The second-order valence-corrected chi connectivity index (χ2v) is 8.62. The van der Waals surface area contributed by atoms with Gasteiger partial charge in [0, 0.05) is 13.0 Å². The number of benzene rings is 1. The highest BCUT2D eigenvalue weighted by Gasteiger charge is 2.36. The summed E-state index contributed by atoms with van der Waals surface area (Å²) in [6.45, 7) is 3.36. The van der Waals surface area contributed by atoms with Crippen molar-refractivity contribution in [1.82, 2.24) is 4.90 Å². The number of rotatable bonds is 6. The summed E-state index contributed by atoms with van der Waals surface area (Å²) < 4.78 is 5.85. The maximum Gasteiger partial charge on any atom is 0.306 e. The normalized spacial score (nSPS) is 33.8. The first kappa shape index (κ1) is 18.0. The number of hydrogen-bond donors (Lipinski definition) is 0. The van der Waals surface area contributed by atoms with Gasteiger partial charge in [0.05, 0.1) is 0 Å². The molecule has 0 aromatic heterocycles. The van der Waals surface area contributed by atoms with Gasteiger partial charge in [-0.15, -0.1) is 0 Å². The lowest BCUT2D eigenvalue weighted by atomic mass is 9.73. The first-order valence-corrected chi connectivity index (χ1v) is 10.8. The Morgan fingerprint density at radius 1 is 1.04 bits per heavy atom. The van der Waals surface area contributed by atoms with Gasteiger partial charge >= 0.3 is 5.97 Å². The van der Waals surface area contributed by atoms with Crippen molar-refractivity contribution in [3.63, 3.8) is 0 Å². The Kier molecular flexibility index (Phi) is 5.94. The Morgan fingerprint density at radius 2 is 1.81 bits per heavy atom. The molecule has 26 heavy (non-hydrogen) atoms. The summed E-state index contributed by atoms with van der Waals surface area (Å²) in [5.41, 5.74) is 1.49. The SMILES string of the molecule is O=C(CCCC1CCCC[C@H]1c1ccccc1)O[C@H]1CN2CCC1CC2. The van der Waals surface area contributed by atoms with Gasteiger partial charge in [-0.3, -0.25) is 9.69 Å². The number of carbonyl (C=O) groups excluding carboxylic acids is 1. The molecule has 3 saturated heterocycles. The lowest BCUT2D eigenvalue weighted by Crippen LogP contribution is -2.51. The number of fused-ring (bicyclic) bond motifs is 3. The van der Waals surface area contributed by atoms with E-state index in [2.05, 4.69) is 35.2 Å². The van der Waals surface area contributed by atoms with E-state index in [9.17, 15) is 4.79 Å². The molecule has 1 aliphatic carbocycles. The number of piperidine rings is 3. The van der Waals surface area contributed by atoms with Crippen molar-refractivity contribution < 1.29 is 9.53 Å². The molecule has 1 aromatic carbocycles. The number of carbonyl (C=O) groups is 1. The standard InChI is InChI=1S/C23H33NO2/c25-23(26-22-17-24-15-13-20(22)14-16-24)12-6-10-19-9-4-5-11-21(19)18-7-2-1-3-8-18/h1-3,7-8,19-22H,4-6,9-17H2/t19?,21-,22-/m0/s1. The van der Waals surface area contributed by atoms with Crippen molar-refractivity contribution in [3.05, 3.63) is 35.9 Å². The monoisotopic (exact) mass is 355 g/mol. The van der Waals surface area contributed by atoms with Crippen LogP contribution in [0.1, 0.15) is 69.3 Å². The fourth-order valence-electron chi connectivity index (χ4n) is 5.47. The fraction of sp³-hybridized carbons (Fsp3) is 0.696. The van der Waals surface area contributed by atoms with Crippen LogP contribution in [0.4, 0.5) is 0 Å². The highest BCUT2D eigenvalue weighted by molar-refractivity contribution is 5.69. The molecule has 3 aliphatic heterocycles. The van der Waals surface area contributed by atoms with Crippen LogP contribution < -0.4 is 0 Å². The Labute approximate surface area is 158 Å². The third kappa shape index (κ3) is 4.31. The summed E-state index contributed by atoms with van der Waals surface area (Å²) in [7, 11) is 0. The largest absolute Gasteiger partial charge is 0.461 e. The van der Waals surface area contributed by atoms with Crippen molar-refractivity contribution in [2.24, 2.45) is 11.8 Å². The van der Waals surface area contributed by atoms with E-state index < -0.39 is 0 Å². The number of hydrogen-bond acceptors (Lipinski definition) is 3. The van der Waals surface area contributed by atoms with Crippen LogP contribution in [0.5, 0.6) is 0 Å². The van der Waals surface area contributed by atoms with Crippen molar-refractivity contribution in [1.29, 1.82) is 0 Å². The molecule has 0 amide bonds. The van der Waals surface area contributed by atoms with Gasteiger partial charge in [0.1, 0.15) is 6.10 Å². The Hall–Kier alpha value is -1.35. The molecule has 0 N–H and O–H groups in total. The van der Waals surface area contributed by atoms with E-state index in [4.69, 9.17) is 4.74 Å². The summed E-state index contributed by atoms with van der Waals surface area (Å²) in [6, 6.07) is 11.0. The number of ether oxygens (including phenoxy) is 1. The fourth-order valence-corrected chi connectivity index (χ4v) is 5.47. The maximum atomic E-state index is 12.3. The van der Waals surface area contributed by atoms with Crippen LogP contribution in [-0.4, -0.2) is 36.6 Å². The minimum atomic E-state index is 0.0378. The molecule has 4 fully saturated rings. The van der Waals surface area contributed by atoms with Crippen LogP contribution in [0.15, 0.2) is 30.3 Å². The topological polar surface area (TPSA) is 29.5 Å². The zero-order valence-corrected chi connectivity index (χ0v) is 15.9. The predicted octanol–water partition coefficient (Wildman–Crippen LogP) is 4.77. The van der Waals surface area contributed by atoms with Crippen LogP contribution in [0.2, 0.25) is 0 Å². The van der Waals surface area contributed by atoms with E-state index in [1.807, 2.05) is 0 Å². The number of nitrogens with zero attached hydrogens (tertiary/aromatic N) is 1. The lowest BCUT2D eigenvalue weighted by molar-refractivity contribution is -0.159. The molecule has 1 aromatic rings. The van der Waals surface area contributed by atoms with E-state index in [0.29, 0.717) is 18.3 Å². The van der Waals surface area contributed by atoms with Crippen LogP contribution in [0.3, 0.4) is 0 Å². The molecule has 0 spiro atoms. The zero-order valence-electron chi connectivity index (χ0n) is 15.9. The predicted molar refractivity (Wildman–Crippen MR) is 104 cm³/mol. The quantitative estimate of drug-likeness (QED) is 0.689. The Balaban J connectivity index is 1.23. The van der Waals surface area contributed by atoms with Gasteiger partial charge < -0.3 is 4.74 Å². The van der Waals surface area contributed by atoms with Gasteiger partial charge in [0.15, 0.2) is 0 Å². The first-order chi connectivity index (χ1) is 12.8. The van der Waals surface area contributed by atoms with Crippen molar-refractivity contribution >= 4 is 5.97 Å². The third-order valence-electron chi connectivity index (χ3n) is 6.97. The summed E-state index contributed by atoms with van der Waals surface area (Å²) >= 11 is 0. The van der Waals surface area contributed by atoms with Crippen LogP contribution in [-0.2, 0) is 9.53 Å². The smallest absolute Gasteiger partial charge is 0.306 e. The molecular formula is C23H33NO2. The van der Waals surface area contributed by atoms with Gasteiger partial charge in [0.25, 0.3) is 0 Å². The molecule has 2 bridgehead atoms. The average Bonchev–Trinajstić information content (AvgIpc) is 2.70. The molecule has 3 nitrogen and oxygen atoms in total. The zero-order chi connectivity index (χ0) is 17.8. The molecule has 3 heterocycles. The van der Waals surface area contributed by atoms with Gasteiger partial charge in [0.2, 0.25) is 0 Å². The summed E-state index contributed by atoms with van der Waals surface area (Å²) in [5, 5.41) is 0. The number of esters is 1. The van der Waals surface area contributed by atoms with Crippen molar-refractivity contribution in [3.8, 4) is 0 Å². The van der Waals surface area contributed by atoms with E-state index in [0.717, 1.165) is 25.3 Å². The second kappa shape index (κ2) is 8.56. The van der Waals surface area contributed by atoms with Gasteiger partial charge in [-0.25, -0.2) is 0 Å². The first-order valence-electron chi connectivity index (χ1n) is 10.8. The summed E-state index contributed by atoms with van der Waals surface area (Å²) in [4.78, 5) is 14.8. The van der Waals surface area contributed by atoms with E-state index >= 15 is 0 Å². The molecule has 1 saturated carbocycles. The molecule has 3 heteroatoms. The van der Waals surface area contributed by atoms with Gasteiger partial charge in [-0.05, 0) is 74.9 Å². The average molecular weight is 356 g/mol. The molecule has 4 aliphatic rings. The molecule has 142 valence electrons. The molecule has 0 radical (unpaired) electrons. The minimum Gasteiger partial charge on any atom is -0.461 e. The van der Waals surface area contributed by atoms with Crippen LogP contribution in [0, 0.1) is 11.8 Å². The Bertz CT molecular complexity index is 579. The summed E-state index contributed by atoms with van der Waals surface area (Å²) in [5.74, 6) is 2.07. The summed E-state index contributed by atoms with van der Waals surface area (Å²) in [6.07, 6.45) is 10.6. The molecule has 3 atom stereocenters. The van der Waals surface area contributed by atoms with E-state index in [1.54, 1.807) is 0 Å². The lowest BCUT2D eigenvalue weighted by Gasteiger charge is -2.43. The molecule has 1 unspecified atom stereocenters. The molecular weight excluding hydrogens is 322 g/mol. The molecule has 5 rings (SSSR count). The highest BCUT2D eigenvalue weighted by atomic mass is 16.5.